The Bertz CT molecular complexity index is 1160. The first-order valence-corrected chi connectivity index (χ1v) is 11.4. The average molecular weight is 478 g/mol. The third kappa shape index (κ3) is 6.59. The van der Waals surface area contributed by atoms with Crippen LogP contribution >= 0.6 is 0 Å². The Balaban J connectivity index is 1.72. The molecule has 1 N–H and O–H groups in total. The molecule has 0 unspecified atom stereocenters. The molecular weight excluding hydrogens is 446 g/mol. The van der Waals surface area contributed by atoms with Crippen molar-refractivity contribution in [3.05, 3.63) is 83.2 Å². The lowest BCUT2D eigenvalue weighted by molar-refractivity contribution is -0.157. The first-order valence-electron chi connectivity index (χ1n) is 11.4. The molecule has 35 heavy (non-hydrogen) atoms. The maximum atomic E-state index is 12.9. The van der Waals surface area contributed by atoms with E-state index in [4.69, 9.17) is 14.2 Å². The maximum Gasteiger partial charge on any atom is 0.309 e. The zero-order chi connectivity index (χ0) is 25.5. The molecule has 0 bridgehead atoms. The monoisotopic (exact) mass is 477 g/mol. The van der Waals surface area contributed by atoms with Gasteiger partial charge in [0.15, 0.2) is 29.1 Å². The van der Waals surface area contributed by atoms with Crippen molar-refractivity contribution in [2.75, 3.05) is 7.11 Å². The van der Waals surface area contributed by atoms with E-state index in [9.17, 15) is 14.7 Å². The summed E-state index contributed by atoms with van der Waals surface area (Å²) in [6, 6.07) is 17.0. The smallest absolute Gasteiger partial charge is 0.309 e. The molecule has 0 aliphatic rings. The molecule has 0 fully saturated rings. The van der Waals surface area contributed by atoms with Crippen molar-refractivity contribution < 1.29 is 28.9 Å². The number of aryl methyl sites for hydroxylation is 2. The van der Waals surface area contributed by atoms with Gasteiger partial charge in [0.05, 0.1) is 13.0 Å². The Morgan fingerprint density at radius 3 is 2.14 bits per heavy atom. The Hall–Kier alpha value is -3.87. The van der Waals surface area contributed by atoms with Crippen LogP contribution in [0.25, 0.3) is 0 Å². The Labute approximate surface area is 205 Å². The van der Waals surface area contributed by atoms with Crippen LogP contribution in [0.15, 0.2) is 60.8 Å². The summed E-state index contributed by atoms with van der Waals surface area (Å²) in [6.07, 6.45) is 0.0142. The van der Waals surface area contributed by atoms with Crippen LogP contribution in [0, 0.1) is 19.8 Å². The largest absolute Gasteiger partial charge is 0.503 e. The van der Waals surface area contributed by atoms with Gasteiger partial charge in [-0.25, -0.2) is 4.98 Å². The zero-order valence-corrected chi connectivity index (χ0v) is 20.6. The first kappa shape index (κ1) is 25.7. The normalized spacial score (nSPS) is 13.4. The molecule has 2 aromatic carbocycles. The number of hydrogen-bond acceptors (Lipinski definition) is 7. The van der Waals surface area contributed by atoms with E-state index in [2.05, 4.69) is 4.98 Å². The fraction of sp³-hybridized carbons (Fsp3) is 0.321. The minimum absolute atomic E-state index is 0.140. The van der Waals surface area contributed by atoms with Crippen molar-refractivity contribution in [2.24, 2.45) is 5.92 Å². The lowest BCUT2D eigenvalue weighted by atomic mass is 10.0. The minimum atomic E-state index is -0.754. The SMILES string of the molecule is COc1ccnc(C(=O)C[C@@H](C)C(=O)O[C@@H](C)[C@H](Oc2ccc(C)cc2)c2ccc(C)cc2)c1O. The highest BCUT2D eigenvalue weighted by atomic mass is 16.6. The van der Waals surface area contributed by atoms with E-state index in [1.807, 2.05) is 62.4 Å². The van der Waals surface area contributed by atoms with Gasteiger partial charge < -0.3 is 19.3 Å². The van der Waals surface area contributed by atoms with Gasteiger partial charge in [-0.15, -0.1) is 0 Å². The molecule has 0 saturated carbocycles. The fourth-order valence-corrected chi connectivity index (χ4v) is 3.58. The number of carbonyl (C=O) groups is 2. The maximum absolute atomic E-state index is 12.9. The van der Waals surface area contributed by atoms with Crippen molar-refractivity contribution in [1.29, 1.82) is 0 Å². The number of methoxy groups -OCH3 is 1. The third-order valence-electron chi connectivity index (χ3n) is 5.68. The molecule has 0 saturated heterocycles. The van der Waals surface area contributed by atoms with Gasteiger partial charge in [0.25, 0.3) is 0 Å². The van der Waals surface area contributed by atoms with Crippen molar-refractivity contribution in [2.45, 2.75) is 46.3 Å². The number of ketones is 1. The number of carbonyl (C=O) groups excluding carboxylic acids is 2. The Kier molecular flexibility index (Phi) is 8.47. The highest BCUT2D eigenvalue weighted by molar-refractivity contribution is 5.99. The fourth-order valence-electron chi connectivity index (χ4n) is 3.58. The summed E-state index contributed by atoms with van der Waals surface area (Å²) < 4.78 is 17.0. The summed E-state index contributed by atoms with van der Waals surface area (Å²) in [6.45, 7) is 7.36. The molecule has 1 aromatic heterocycles. The van der Waals surface area contributed by atoms with E-state index < -0.39 is 29.9 Å². The number of benzene rings is 2. The molecule has 0 aliphatic carbocycles. The van der Waals surface area contributed by atoms with Gasteiger partial charge in [0.2, 0.25) is 0 Å². The number of nitrogens with zero attached hydrogens (tertiary/aromatic N) is 1. The van der Waals surface area contributed by atoms with Gasteiger partial charge in [0, 0.05) is 18.7 Å². The summed E-state index contributed by atoms with van der Waals surface area (Å²) >= 11 is 0. The van der Waals surface area contributed by atoms with Gasteiger partial charge in [-0.3, -0.25) is 9.59 Å². The average Bonchev–Trinajstić information content (AvgIpc) is 2.84. The minimum Gasteiger partial charge on any atom is -0.503 e. The number of aromatic nitrogens is 1. The summed E-state index contributed by atoms with van der Waals surface area (Å²) in [7, 11) is 1.38. The van der Waals surface area contributed by atoms with Gasteiger partial charge in [-0.05, 0) is 38.5 Å². The van der Waals surface area contributed by atoms with E-state index in [1.165, 1.54) is 19.4 Å². The second kappa shape index (κ2) is 11.5. The van der Waals surface area contributed by atoms with Crippen LogP contribution in [-0.4, -0.2) is 35.1 Å². The molecule has 7 nitrogen and oxygen atoms in total. The highest BCUT2D eigenvalue weighted by Crippen LogP contribution is 2.30. The third-order valence-corrected chi connectivity index (χ3v) is 5.68. The van der Waals surface area contributed by atoms with Crippen molar-refractivity contribution >= 4 is 11.8 Å². The van der Waals surface area contributed by atoms with Crippen LogP contribution in [-0.2, 0) is 9.53 Å². The van der Waals surface area contributed by atoms with E-state index in [1.54, 1.807) is 13.8 Å². The van der Waals surface area contributed by atoms with Crippen LogP contribution in [0.3, 0.4) is 0 Å². The summed E-state index contributed by atoms with van der Waals surface area (Å²) in [4.78, 5) is 29.5. The van der Waals surface area contributed by atoms with Gasteiger partial charge in [-0.1, -0.05) is 54.4 Å². The number of Topliss-reactive ketones (excluding diaryl/α,β-unsaturated/α-hetero) is 1. The topological polar surface area (TPSA) is 95.0 Å². The number of aromatic hydroxyl groups is 1. The van der Waals surface area contributed by atoms with Crippen LogP contribution < -0.4 is 9.47 Å². The molecule has 1 heterocycles. The van der Waals surface area contributed by atoms with Crippen molar-refractivity contribution in [3.63, 3.8) is 0 Å². The highest BCUT2D eigenvalue weighted by Gasteiger charge is 2.29. The molecular formula is C28H31NO6. The van der Waals surface area contributed by atoms with Crippen LogP contribution in [0.1, 0.15) is 53.6 Å². The molecule has 0 amide bonds. The molecule has 0 aliphatic heterocycles. The zero-order valence-electron chi connectivity index (χ0n) is 20.6. The number of hydrogen-bond donors (Lipinski definition) is 1. The van der Waals surface area contributed by atoms with Gasteiger partial charge >= 0.3 is 5.97 Å². The number of ether oxygens (including phenoxy) is 3. The lowest BCUT2D eigenvalue weighted by Gasteiger charge is -2.27. The van der Waals surface area contributed by atoms with Crippen LogP contribution in [0.4, 0.5) is 0 Å². The summed E-state index contributed by atoms with van der Waals surface area (Å²) in [5.41, 5.74) is 2.94. The van der Waals surface area contributed by atoms with E-state index in [0.717, 1.165) is 16.7 Å². The standard InChI is InChI=1S/C28H31NO6/c1-17-6-10-21(11-7-17)27(35-22-12-8-18(2)9-13-22)20(4)34-28(32)19(3)16-23(30)25-26(31)24(33-5)14-15-29-25/h6-15,19-20,27,31H,16H2,1-5H3/t19-,20+,27+/m1/s1. The molecule has 3 aromatic rings. The van der Waals surface area contributed by atoms with E-state index in [0.29, 0.717) is 5.75 Å². The summed E-state index contributed by atoms with van der Waals surface area (Å²) in [5.74, 6) is -1.33. The second-order valence-corrected chi connectivity index (χ2v) is 8.64. The Morgan fingerprint density at radius 2 is 1.54 bits per heavy atom. The van der Waals surface area contributed by atoms with Crippen LogP contribution in [0.2, 0.25) is 0 Å². The predicted octanol–water partition coefficient (Wildman–Crippen LogP) is 5.37. The second-order valence-electron chi connectivity index (χ2n) is 8.64. The summed E-state index contributed by atoms with van der Waals surface area (Å²) in [5, 5.41) is 10.2. The molecule has 3 rings (SSSR count). The predicted molar refractivity (Wildman–Crippen MR) is 132 cm³/mol. The quantitative estimate of drug-likeness (QED) is 0.310. The number of pyridine rings is 1. The van der Waals surface area contributed by atoms with Crippen molar-refractivity contribution in [1.82, 2.24) is 4.98 Å². The molecule has 7 heteroatoms. The molecule has 0 radical (unpaired) electrons. The Morgan fingerprint density at radius 1 is 0.943 bits per heavy atom. The van der Waals surface area contributed by atoms with E-state index >= 15 is 0 Å². The number of rotatable bonds is 10. The first-order chi connectivity index (χ1) is 16.7. The van der Waals surface area contributed by atoms with Gasteiger partial charge in [0.1, 0.15) is 11.9 Å². The van der Waals surface area contributed by atoms with E-state index in [-0.39, 0.29) is 23.6 Å². The molecule has 3 atom stereocenters. The van der Waals surface area contributed by atoms with Gasteiger partial charge in [-0.2, -0.15) is 0 Å². The van der Waals surface area contributed by atoms with Crippen LogP contribution in [0.5, 0.6) is 17.2 Å². The lowest BCUT2D eigenvalue weighted by Crippen LogP contribution is -2.30. The molecule has 184 valence electrons. The number of esters is 1. The van der Waals surface area contributed by atoms with Crippen molar-refractivity contribution in [3.8, 4) is 17.2 Å². The molecule has 0 spiro atoms.